The molecule has 0 saturated heterocycles. The van der Waals surface area contributed by atoms with Crippen molar-refractivity contribution in [3.05, 3.63) is 23.3 Å². The quantitative estimate of drug-likeness (QED) is 0.485. The Morgan fingerprint density at radius 1 is 1.36 bits per heavy atom. The molecule has 0 fully saturated rings. The van der Waals surface area contributed by atoms with Crippen molar-refractivity contribution in [2.45, 2.75) is 39.4 Å². The minimum absolute atomic E-state index is 0.385. The lowest BCUT2D eigenvalue weighted by Crippen LogP contribution is -1.94. The molecule has 0 radical (unpaired) electrons. The molecule has 64 valence electrons. The molecule has 0 heterocycles. The monoisotopic (exact) mass is 170 g/mol. The van der Waals surface area contributed by atoms with Crippen molar-refractivity contribution in [3.8, 4) is 0 Å². The van der Waals surface area contributed by atoms with E-state index >= 15 is 0 Å². The van der Waals surface area contributed by atoms with Crippen molar-refractivity contribution in [3.63, 3.8) is 0 Å². The number of allylic oxidation sites excluding steroid dienone is 3. The van der Waals surface area contributed by atoms with Gasteiger partial charge in [0.2, 0.25) is 0 Å². The molecule has 0 aromatic carbocycles. The zero-order valence-corrected chi connectivity index (χ0v) is 8.78. The maximum absolute atomic E-state index is 4.45. The van der Waals surface area contributed by atoms with Gasteiger partial charge < -0.3 is 0 Å². The van der Waals surface area contributed by atoms with Gasteiger partial charge in [0.15, 0.2) is 0 Å². The van der Waals surface area contributed by atoms with Crippen molar-refractivity contribution in [2.75, 3.05) is 0 Å². The molecule has 0 aromatic rings. The second kappa shape index (κ2) is 5.48. The normalized spacial score (nSPS) is 14.5. The van der Waals surface area contributed by atoms with Crippen molar-refractivity contribution in [2.24, 2.45) is 0 Å². The number of rotatable bonds is 3. The van der Waals surface area contributed by atoms with Crippen LogP contribution < -0.4 is 0 Å². The predicted octanol–water partition coefficient (Wildman–Crippen LogP) is 3.61. The summed E-state index contributed by atoms with van der Waals surface area (Å²) in [5.41, 5.74) is 2.75. The molecule has 0 saturated carbocycles. The Morgan fingerprint density at radius 2 is 1.91 bits per heavy atom. The number of thiol groups is 1. The van der Waals surface area contributed by atoms with Crippen LogP contribution in [-0.4, -0.2) is 5.25 Å². The zero-order valence-electron chi connectivity index (χ0n) is 7.89. The van der Waals surface area contributed by atoms with Crippen LogP contribution in [0.2, 0.25) is 0 Å². The van der Waals surface area contributed by atoms with Crippen LogP contribution in [0.15, 0.2) is 23.3 Å². The standard InChI is InChI=1S/C10H18S/c1-5-9(4)7-10(11)6-8(2)3/h5-6,10-11H,7H2,1-4H3/b9-5-. The summed E-state index contributed by atoms with van der Waals surface area (Å²) < 4.78 is 0. The highest BCUT2D eigenvalue weighted by molar-refractivity contribution is 7.81. The van der Waals surface area contributed by atoms with Crippen LogP contribution in [0, 0.1) is 0 Å². The van der Waals surface area contributed by atoms with Gasteiger partial charge in [-0.15, -0.1) is 0 Å². The van der Waals surface area contributed by atoms with Gasteiger partial charge in [0.1, 0.15) is 0 Å². The average molecular weight is 170 g/mol. The van der Waals surface area contributed by atoms with Crippen LogP contribution in [0.4, 0.5) is 0 Å². The molecule has 0 aliphatic rings. The highest BCUT2D eigenvalue weighted by Crippen LogP contribution is 2.12. The zero-order chi connectivity index (χ0) is 8.85. The molecule has 0 N–H and O–H groups in total. The predicted molar refractivity (Wildman–Crippen MR) is 56.3 cm³/mol. The molecular formula is C10H18S. The van der Waals surface area contributed by atoms with E-state index in [2.05, 4.69) is 52.5 Å². The molecule has 0 nitrogen and oxygen atoms in total. The molecule has 0 spiro atoms. The van der Waals surface area contributed by atoms with E-state index in [0.29, 0.717) is 5.25 Å². The first kappa shape index (κ1) is 10.8. The van der Waals surface area contributed by atoms with Crippen molar-refractivity contribution < 1.29 is 0 Å². The fourth-order valence-electron chi connectivity index (χ4n) is 0.891. The molecule has 1 unspecified atom stereocenters. The van der Waals surface area contributed by atoms with Gasteiger partial charge in [-0.1, -0.05) is 23.3 Å². The molecule has 0 bridgehead atoms. The summed E-state index contributed by atoms with van der Waals surface area (Å²) in [5, 5.41) is 0.385. The average Bonchev–Trinajstić information content (AvgIpc) is 1.85. The maximum atomic E-state index is 4.45. The first-order chi connectivity index (χ1) is 5.06. The van der Waals surface area contributed by atoms with Crippen LogP contribution in [-0.2, 0) is 0 Å². The Morgan fingerprint density at radius 3 is 2.27 bits per heavy atom. The third kappa shape index (κ3) is 6.24. The minimum atomic E-state index is 0.385. The van der Waals surface area contributed by atoms with Gasteiger partial charge in [0, 0.05) is 5.25 Å². The van der Waals surface area contributed by atoms with Crippen molar-refractivity contribution >= 4 is 12.6 Å². The number of hydrogen-bond acceptors (Lipinski definition) is 1. The fraction of sp³-hybridized carbons (Fsp3) is 0.600. The summed E-state index contributed by atoms with van der Waals surface area (Å²) in [5.74, 6) is 0. The smallest absolute Gasteiger partial charge is 0.0236 e. The summed E-state index contributed by atoms with van der Waals surface area (Å²) in [4.78, 5) is 0. The van der Waals surface area contributed by atoms with E-state index in [1.54, 1.807) is 0 Å². The maximum Gasteiger partial charge on any atom is 0.0236 e. The topological polar surface area (TPSA) is 0 Å². The molecule has 11 heavy (non-hydrogen) atoms. The third-order valence-electron chi connectivity index (χ3n) is 1.55. The second-order valence-corrected chi connectivity index (χ2v) is 3.81. The molecule has 0 aliphatic carbocycles. The van der Waals surface area contributed by atoms with E-state index < -0.39 is 0 Å². The molecule has 0 amide bonds. The fourth-order valence-corrected chi connectivity index (χ4v) is 1.48. The number of hydrogen-bond donors (Lipinski definition) is 1. The molecule has 0 aliphatic heterocycles. The van der Waals surface area contributed by atoms with E-state index in [4.69, 9.17) is 0 Å². The lowest BCUT2D eigenvalue weighted by molar-refractivity contribution is 0.987. The van der Waals surface area contributed by atoms with Gasteiger partial charge in [0.25, 0.3) is 0 Å². The highest BCUT2D eigenvalue weighted by atomic mass is 32.1. The van der Waals surface area contributed by atoms with Gasteiger partial charge in [-0.3, -0.25) is 0 Å². The third-order valence-corrected chi connectivity index (χ3v) is 1.88. The summed E-state index contributed by atoms with van der Waals surface area (Å²) >= 11 is 4.45. The Bertz CT molecular complexity index is 162. The Labute approximate surface area is 75.8 Å². The first-order valence-electron chi connectivity index (χ1n) is 4.01. The SMILES string of the molecule is C/C=C(/C)CC(S)C=C(C)C. The van der Waals surface area contributed by atoms with Crippen LogP contribution >= 0.6 is 12.6 Å². The van der Waals surface area contributed by atoms with E-state index in [1.165, 1.54) is 11.1 Å². The summed E-state index contributed by atoms with van der Waals surface area (Å²) in [6.07, 6.45) is 5.39. The van der Waals surface area contributed by atoms with Gasteiger partial charge in [-0.25, -0.2) is 0 Å². The van der Waals surface area contributed by atoms with E-state index in [0.717, 1.165) is 6.42 Å². The lowest BCUT2D eigenvalue weighted by Gasteiger charge is -2.05. The van der Waals surface area contributed by atoms with Crippen LogP contribution in [0.1, 0.15) is 34.1 Å². The minimum Gasteiger partial charge on any atom is -0.171 e. The van der Waals surface area contributed by atoms with E-state index in [-0.39, 0.29) is 0 Å². The van der Waals surface area contributed by atoms with Crippen molar-refractivity contribution in [1.29, 1.82) is 0 Å². The van der Waals surface area contributed by atoms with Crippen molar-refractivity contribution in [1.82, 2.24) is 0 Å². The van der Waals surface area contributed by atoms with Gasteiger partial charge in [-0.05, 0) is 34.1 Å². The van der Waals surface area contributed by atoms with Crippen LogP contribution in [0.5, 0.6) is 0 Å². The molecule has 0 aromatic heterocycles. The van der Waals surface area contributed by atoms with Gasteiger partial charge in [0.05, 0.1) is 0 Å². The summed E-state index contributed by atoms with van der Waals surface area (Å²) in [6.45, 7) is 8.42. The molecule has 1 atom stereocenters. The molecule has 1 heteroatoms. The Hall–Kier alpha value is -0.170. The van der Waals surface area contributed by atoms with E-state index in [9.17, 15) is 0 Å². The first-order valence-corrected chi connectivity index (χ1v) is 4.52. The second-order valence-electron chi connectivity index (χ2n) is 3.15. The molecule has 0 rings (SSSR count). The van der Waals surface area contributed by atoms with Crippen LogP contribution in [0.3, 0.4) is 0 Å². The van der Waals surface area contributed by atoms with Gasteiger partial charge in [-0.2, -0.15) is 12.6 Å². The lowest BCUT2D eigenvalue weighted by atomic mass is 10.1. The summed E-state index contributed by atoms with van der Waals surface area (Å²) in [6, 6.07) is 0. The molecular weight excluding hydrogens is 152 g/mol. The highest BCUT2D eigenvalue weighted by Gasteiger charge is 1.98. The van der Waals surface area contributed by atoms with E-state index in [1.807, 2.05) is 0 Å². The Kier molecular flexibility index (Phi) is 5.39. The Balaban J connectivity index is 3.88. The van der Waals surface area contributed by atoms with Gasteiger partial charge >= 0.3 is 0 Å². The van der Waals surface area contributed by atoms with Crippen LogP contribution in [0.25, 0.3) is 0 Å². The summed E-state index contributed by atoms with van der Waals surface area (Å²) in [7, 11) is 0. The largest absolute Gasteiger partial charge is 0.171 e.